The fraction of sp³-hybridized carbons (Fsp3) is 1.00. The van der Waals surface area contributed by atoms with Crippen LogP contribution in [-0.2, 0) is 29.7 Å². The molecule has 12 heteroatoms. The number of nitrogens with one attached hydrogen (secondary N) is 1. The van der Waals surface area contributed by atoms with Gasteiger partial charge in [0.15, 0.2) is 0 Å². The zero-order chi connectivity index (χ0) is 20.1. The van der Waals surface area contributed by atoms with Crippen molar-refractivity contribution >= 4 is 20.2 Å². The molecule has 1 unspecified atom stereocenters. The second kappa shape index (κ2) is 13.8. The van der Waals surface area contributed by atoms with E-state index in [-0.39, 0.29) is 5.75 Å². The first kappa shape index (κ1) is 25.7. The molecule has 2 aliphatic heterocycles. The predicted octanol–water partition coefficient (Wildman–Crippen LogP) is -0.167. The van der Waals surface area contributed by atoms with Crippen LogP contribution in [-0.4, -0.2) is 94.6 Å². The number of hydrogen-bond acceptors (Lipinski definition) is 8. The molecule has 0 radical (unpaired) electrons. The summed E-state index contributed by atoms with van der Waals surface area (Å²) in [5, 5.41) is 2.39. The van der Waals surface area contributed by atoms with Crippen molar-refractivity contribution in [3.8, 4) is 0 Å². The minimum atomic E-state index is -3.94. The van der Waals surface area contributed by atoms with Crippen molar-refractivity contribution < 1.29 is 35.4 Å². The van der Waals surface area contributed by atoms with Crippen LogP contribution in [0.25, 0.3) is 0 Å². The van der Waals surface area contributed by atoms with Gasteiger partial charge >= 0.3 is 0 Å². The zero-order valence-corrected chi connectivity index (χ0v) is 17.1. The highest BCUT2D eigenvalue weighted by Crippen LogP contribution is 2.12. The fourth-order valence-electron chi connectivity index (χ4n) is 2.30. The van der Waals surface area contributed by atoms with Gasteiger partial charge in [-0.15, -0.1) is 0 Å². The summed E-state index contributed by atoms with van der Waals surface area (Å²) in [6.07, 6.45) is 0.873. The smallest absolute Gasteiger partial charge is 0.281 e. The Hall–Kier alpha value is -0.340. The Morgan fingerprint density at radius 1 is 0.962 bits per heavy atom. The lowest BCUT2D eigenvalue weighted by atomic mass is 10.3. The number of nitrogens with zero attached hydrogens (tertiary/aromatic N) is 1. The second-order valence-electron chi connectivity index (χ2n) is 5.67. The minimum Gasteiger partial charge on any atom is -0.379 e. The average molecular weight is 421 g/mol. The summed E-state index contributed by atoms with van der Waals surface area (Å²) in [5.74, 6) is -0.132. The van der Waals surface area contributed by atoms with E-state index in [2.05, 4.69) is 5.32 Å². The van der Waals surface area contributed by atoms with E-state index in [0.29, 0.717) is 39.1 Å². The van der Waals surface area contributed by atoms with Gasteiger partial charge in [-0.1, -0.05) is 13.8 Å². The van der Waals surface area contributed by atoms with Crippen LogP contribution in [0, 0.1) is 0 Å². The standard InChI is InChI=1S/C7H15NO4S.C4H9NO.C3H8O3S/c1-2-7(13(9,10)11)8-3-5-12-6-4-8;1-3-6-4-2-5-1;1-2-3-7(4,5)6/h7H,2-6H2,1H3,(H,9,10,11);5H,1-4H2;2-3H2,1H3,(H,4,5,6). The monoisotopic (exact) mass is 420 g/mol. The molecule has 0 bridgehead atoms. The first-order valence-corrected chi connectivity index (χ1v) is 11.7. The average Bonchev–Trinajstić information content (AvgIpc) is 2.57. The van der Waals surface area contributed by atoms with Crippen LogP contribution in [0.1, 0.15) is 26.7 Å². The van der Waals surface area contributed by atoms with Crippen molar-refractivity contribution in [3.63, 3.8) is 0 Å². The lowest BCUT2D eigenvalue weighted by Gasteiger charge is -2.31. The summed E-state index contributed by atoms with van der Waals surface area (Å²) in [6, 6.07) is 0. The molecule has 1 atom stereocenters. The molecule has 26 heavy (non-hydrogen) atoms. The lowest BCUT2D eigenvalue weighted by molar-refractivity contribution is 0.0292. The van der Waals surface area contributed by atoms with Gasteiger partial charge in [-0.2, -0.15) is 16.8 Å². The Bertz CT molecular complexity index is 532. The topological polar surface area (TPSA) is 142 Å². The van der Waals surface area contributed by atoms with Crippen LogP contribution in [0.4, 0.5) is 0 Å². The molecule has 0 aliphatic carbocycles. The summed E-state index contributed by atoms with van der Waals surface area (Å²) in [6.45, 7) is 9.47. The van der Waals surface area contributed by atoms with Gasteiger partial charge in [-0.25, -0.2) is 0 Å². The third kappa shape index (κ3) is 13.8. The van der Waals surface area contributed by atoms with Crippen LogP contribution in [0.15, 0.2) is 0 Å². The van der Waals surface area contributed by atoms with Crippen LogP contribution in [0.5, 0.6) is 0 Å². The summed E-state index contributed by atoms with van der Waals surface area (Å²) in [4.78, 5) is 1.73. The van der Waals surface area contributed by atoms with E-state index in [9.17, 15) is 16.8 Å². The molecule has 2 saturated heterocycles. The van der Waals surface area contributed by atoms with E-state index in [1.54, 1.807) is 18.7 Å². The molecule has 2 fully saturated rings. The highest BCUT2D eigenvalue weighted by molar-refractivity contribution is 7.86. The van der Waals surface area contributed by atoms with E-state index in [1.807, 2.05) is 0 Å². The SMILES string of the molecule is C1COCCN1.CCC(N1CCOCC1)S(=O)(=O)O.CCCS(=O)(=O)O. The van der Waals surface area contributed by atoms with Crippen molar-refractivity contribution in [2.24, 2.45) is 0 Å². The molecule has 0 spiro atoms. The fourth-order valence-corrected chi connectivity index (χ4v) is 3.82. The van der Waals surface area contributed by atoms with Gasteiger partial charge < -0.3 is 14.8 Å². The second-order valence-corrected chi connectivity index (χ2v) is 8.82. The Labute approximate surface area is 156 Å². The van der Waals surface area contributed by atoms with Gasteiger partial charge in [-0.3, -0.25) is 14.0 Å². The summed E-state index contributed by atoms with van der Waals surface area (Å²) in [5.41, 5.74) is 0. The Morgan fingerprint density at radius 2 is 1.46 bits per heavy atom. The number of ether oxygens (including phenoxy) is 2. The number of hydrogen-bond donors (Lipinski definition) is 3. The molecule has 0 aromatic rings. The number of rotatable bonds is 5. The normalized spacial score (nSPS) is 20.2. The van der Waals surface area contributed by atoms with E-state index in [0.717, 1.165) is 26.3 Å². The maximum Gasteiger partial charge on any atom is 0.281 e. The lowest BCUT2D eigenvalue weighted by Crippen LogP contribution is -2.46. The van der Waals surface area contributed by atoms with Gasteiger partial charge in [0.05, 0.1) is 32.2 Å². The van der Waals surface area contributed by atoms with Gasteiger partial charge in [0.2, 0.25) is 0 Å². The number of morpholine rings is 2. The molecule has 2 aliphatic rings. The molecule has 0 aromatic carbocycles. The molecule has 10 nitrogen and oxygen atoms in total. The molecule has 0 amide bonds. The molecular weight excluding hydrogens is 388 g/mol. The van der Waals surface area contributed by atoms with Crippen LogP contribution < -0.4 is 5.32 Å². The van der Waals surface area contributed by atoms with Gasteiger partial charge in [0, 0.05) is 26.2 Å². The largest absolute Gasteiger partial charge is 0.379 e. The van der Waals surface area contributed by atoms with E-state index < -0.39 is 25.6 Å². The predicted molar refractivity (Wildman–Crippen MR) is 98.4 cm³/mol. The zero-order valence-electron chi connectivity index (χ0n) is 15.5. The molecular formula is C14H32N2O8S2. The van der Waals surface area contributed by atoms with Gasteiger partial charge in [0.25, 0.3) is 20.2 Å². The highest BCUT2D eigenvalue weighted by Gasteiger charge is 2.29. The van der Waals surface area contributed by atoms with Crippen molar-refractivity contribution in [2.75, 3.05) is 58.4 Å². The molecule has 0 aromatic heterocycles. The van der Waals surface area contributed by atoms with Crippen LogP contribution in [0.2, 0.25) is 0 Å². The van der Waals surface area contributed by atoms with Crippen LogP contribution >= 0.6 is 0 Å². The molecule has 158 valence electrons. The van der Waals surface area contributed by atoms with Crippen LogP contribution in [0.3, 0.4) is 0 Å². The molecule has 3 N–H and O–H groups in total. The quantitative estimate of drug-likeness (QED) is 0.513. The summed E-state index contributed by atoms with van der Waals surface area (Å²) >= 11 is 0. The van der Waals surface area contributed by atoms with Crippen molar-refractivity contribution in [1.29, 1.82) is 0 Å². The van der Waals surface area contributed by atoms with E-state index in [1.165, 1.54) is 0 Å². The third-order valence-electron chi connectivity index (χ3n) is 3.45. The Balaban J connectivity index is 0.000000404. The molecule has 2 heterocycles. The molecule has 2 rings (SSSR count). The van der Waals surface area contributed by atoms with Gasteiger partial charge in [-0.05, 0) is 12.8 Å². The minimum absolute atomic E-state index is 0.132. The maximum atomic E-state index is 10.9. The first-order chi connectivity index (χ1) is 12.1. The van der Waals surface area contributed by atoms with E-state index >= 15 is 0 Å². The van der Waals surface area contributed by atoms with E-state index in [4.69, 9.17) is 18.6 Å². The Morgan fingerprint density at radius 3 is 1.69 bits per heavy atom. The van der Waals surface area contributed by atoms with Crippen molar-refractivity contribution in [1.82, 2.24) is 10.2 Å². The molecule has 0 saturated carbocycles. The third-order valence-corrected chi connectivity index (χ3v) is 5.70. The van der Waals surface area contributed by atoms with Gasteiger partial charge in [0.1, 0.15) is 5.37 Å². The van der Waals surface area contributed by atoms with Crippen molar-refractivity contribution in [3.05, 3.63) is 0 Å². The highest BCUT2D eigenvalue weighted by atomic mass is 32.2. The maximum absolute atomic E-state index is 10.9. The summed E-state index contributed by atoms with van der Waals surface area (Å²) in [7, 11) is -7.62. The first-order valence-electron chi connectivity index (χ1n) is 8.63. The Kier molecular flexibility index (Phi) is 13.6. The summed E-state index contributed by atoms with van der Waals surface area (Å²) < 4.78 is 68.4. The van der Waals surface area contributed by atoms with Crippen molar-refractivity contribution in [2.45, 2.75) is 32.1 Å².